The number of carbonyl (C=O) groups excluding carboxylic acids is 1. The number of nitrogens with zero attached hydrogens (tertiary/aromatic N) is 3. The summed E-state index contributed by atoms with van der Waals surface area (Å²) in [6.45, 7) is 4.09. The normalized spacial score (nSPS) is 19.5. The van der Waals surface area contributed by atoms with E-state index < -0.39 is 0 Å². The van der Waals surface area contributed by atoms with E-state index in [9.17, 15) is 4.79 Å². The summed E-state index contributed by atoms with van der Waals surface area (Å²) in [5.41, 5.74) is 1.05. The van der Waals surface area contributed by atoms with Gasteiger partial charge in [-0.2, -0.15) is 0 Å². The van der Waals surface area contributed by atoms with Crippen molar-refractivity contribution in [1.82, 2.24) is 10.3 Å². The monoisotopic (exact) mass is 270 g/mol. The van der Waals surface area contributed by atoms with Crippen LogP contribution in [-0.2, 0) is 0 Å². The molecule has 5 nitrogen and oxygen atoms in total. The number of pyridine rings is 1. The zero-order valence-electron chi connectivity index (χ0n) is 10.8. The number of aromatic nitrogens is 1. The Morgan fingerprint density at radius 3 is 2.61 bits per heavy atom. The van der Waals surface area contributed by atoms with Gasteiger partial charge in [-0.15, -0.1) is 13.1 Å². The van der Waals surface area contributed by atoms with Crippen molar-refractivity contribution >= 4 is 11.7 Å². The molecule has 3 rings (SSSR count). The first-order valence-corrected chi connectivity index (χ1v) is 5.79. The van der Waals surface area contributed by atoms with Crippen LogP contribution in [0.2, 0.25) is 0 Å². The molecule has 0 saturated carbocycles. The molecule has 1 aromatic heterocycles. The molecule has 1 spiro atoms. The molecule has 90 valence electrons. The molecule has 0 aliphatic carbocycles. The van der Waals surface area contributed by atoms with E-state index >= 15 is 0 Å². The van der Waals surface area contributed by atoms with E-state index in [4.69, 9.17) is 0 Å². The van der Waals surface area contributed by atoms with E-state index in [2.05, 4.69) is 20.5 Å². The standard InChI is InChI=1S/C12H15N4O.K/c1-13-11(17)9-2-3-10(15-4-9)16-7-12(8-16)5-14-6-12;/h2-4H,5-8H2,1H3,(H,13,17);/q-1;+1. The van der Waals surface area contributed by atoms with Gasteiger partial charge in [0.2, 0.25) is 0 Å². The van der Waals surface area contributed by atoms with Crippen molar-refractivity contribution in [2.45, 2.75) is 0 Å². The third-order valence-corrected chi connectivity index (χ3v) is 3.51. The van der Waals surface area contributed by atoms with Crippen molar-refractivity contribution < 1.29 is 56.2 Å². The van der Waals surface area contributed by atoms with Gasteiger partial charge in [-0.25, -0.2) is 4.98 Å². The molecule has 6 heteroatoms. The number of carbonyl (C=O) groups is 1. The van der Waals surface area contributed by atoms with E-state index in [1.807, 2.05) is 12.1 Å². The Balaban J connectivity index is 0.00000120. The number of anilines is 1. The fourth-order valence-electron chi connectivity index (χ4n) is 2.41. The summed E-state index contributed by atoms with van der Waals surface area (Å²) in [6.07, 6.45) is 1.63. The van der Waals surface area contributed by atoms with E-state index in [0.29, 0.717) is 11.0 Å². The average molecular weight is 270 g/mol. The average Bonchev–Trinajstić information content (AvgIpc) is 2.25. The molecule has 0 unspecified atom stereocenters. The van der Waals surface area contributed by atoms with Crippen LogP contribution in [0.4, 0.5) is 5.82 Å². The molecular weight excluding hydrogens is 255 g/mol. The van der Waals surface area contributed by atoms with Gasteiger partial charge < -0.3 is 15.5 Å². The second kappa shape index (κ2) is 5.56. The second-order valence-corrected chi connectivity index (χ2v) is 4.88. The molecule has 1 amide bonds. The van der Waals surface area contributed by atoms with Crippen LogP contribution in [0.5, 0.6) is 0 Å². The summed E-state index contributed by atoms with van der Waals surface area (Å²) in [5, 5.41) is 6.85. The first-order valence-electron chi connectivity index (χ1n) is 5.79. The van der Waals surface area contributed by atoms with Crippen molar-refractivity contribution in [3.63, 3.8) is 0 Å². The van der Waals surface area contributed by atoms with Crippen LogP contribution in [0, 0.1) is 5.41 Å². The Morgan fingerprint density at radius 1 is 1.44 bits per heavy atom. The van der Waals surface area contributed by atoms with Crippen LogP contribution >= 0.6 is 0 Å². The van der Waals surface area contributed by atoms with E-state index in [1.54, 1.807) is 13.2 Å². The number of rotatable bonds is 2. The molecule has 3 heterocycles. The molecule has 1 aromatic rings. The largest absolute Gasteiger partial charge is 1.00 e. The van der Waals surface area contributed by atoms with Gasteiger partial charge in [0.05, 0.1) is 5.56 Å². The number of amides is 1. The van der Waals surface area contributed by atoms with Crippen molar-refractivity contribution in [3.05, 3.63) is 29.2 Å². The molecule has 2 aliphatic rings. The maximum atomic E-state index is 11.4. The minimum absolute atomic E-state index is 0. The van der Waals surface area contributed by atoms with Gasteiger partial charge in [-0.3, -0.25) is 4.79 Å². The van der Waals surface area contributed by atoms with Gasteiger partial charge in [0.1, 0.15) is 5.82 Å². The van der Waals surface area contributed by atoms with Crippen LogP contribution in [0.25, 0.3) is 5.32 Å². The van der Waals surface area contributed by atoms with Gasteiger partial charge in [-0.1, -0.05) is 0 Å². The SMILES string of the molecule is CNC(=O)c1ccc(N2CC3(C[N-]C3)C2)nc1.[K+]. The molecule has 2 fully saturated rings. The molecule has 0 aromatic carbocycles. The van der Waals surface area contributed by atoms with Gasteiger partial charge in [0, 0.05) is 26.3 Å². The predicted molar refractivity (Wildman–Crippen MR) is 65.4 cm³/mol. The summed E-state index contributed by atoms with van der Waals surface area (Å²) in [6, 6.07) is 3.73. The van der Waals surface area contributed by atoms with Crippen molar-refractivity contribution in [2.24, 2.45) is 5.41 Å². The Morgan fingerprint density at radius 2 is 2.17 bits per heavy atom. The van der Waals surface area contributed by atoms with Crippen LogP contribution in [0.15, 0.2) is 18.3 Å². The Kier molecular flexibility index (Phi) is 4.46. The van der Waals surface area contributed by atoms with Crippen molar-refractivity contribution in [2.75, 3.05) is 38.1 Å². The molecule has 0 atom stereocenters. The van der Waals surface area contributed by atoms with E-state index in [0.717, 1.165) is 32.0 Å². The third kappa shape index (κ3) is 2.50. The van der Waals surface area contributed by atoms with Crippen LogP contribution < -0.4 is 61.6 Å². The third-order valence-electron chi connectivity index (χ3n) is 3.51. The van der Waals surface area contributed by atoms with Crippen molar-refractivity contribution in [3.8, 4) is 0 Å². The zero-order chi connectivity index (χ0) is 11.9. The fraction of sp³-hybridized carbons (Fsp3) is 0.500. The molecule has 1 N–H and O–H groups in total. The summed E-state index contributed by atoms with van der Waals surface area (Å²) in [5.74, 6) is 0.858. The van der Waals surface area contributed by atoms with Gasteiger partial charge in [-0.05, 0) is 17.5 Å². The van der Waals surface area contributed by atoms with Crippen LogP contribution in [-0.4, -0.2) is 44.1 Å². The Hall–Kier alpha value is 0.0164. The molecule has 2 saturated heterocycles. The molecule has 2 aliphatic heterocycles. The van der Waals surface area contributed by atoms with Gasteiger partial charge in [0.25, 0.3) is 5.91 Å². The quantitative estimate of drug-likeness (QED) is 0.612. The topological polar surface area (TPSA) is 59.3 Å². The Labute approximate surface area is 149 Å². The zero-order valence-corrected chi connectivity index (χ0v) is 13.9. The van der Waals surface area contributed by atoms with Gasteiger partial charge in [0.15, 0.2) is 0 Å². The first-order chi connectivity index (χ1) is 8.22. The minimum Gasteiger partial charge on any atom is -0.661 e. The number of hydrogen-bond donors (Lipinski definition) is 1. The predicted octanol–water partition coefficient (Wildman–Crippen LogP) is -2.36. The van der Waals surface area contributed by atoms with Gasteiger partial charge >= 0.3 is 51.4 Å². The van der Waals surface area contributed by atoms with E-state index in [1.165, 1.54) is 0 Å². The Bertz CT molecular complexity index is 436. The fourth-order valence-corrected chi connectivity index (χ4v) is 2.41. The maximum absolute atomic E-state index is 11.4. The smallest absolute Gasteiger partial charge is 0.661 e. The summed E-state index contributed by atoms with van der Waals surface area (Å²) >= 11 is 0. The molecule has 0 bridgehead atoms. The summed E-state index contributed by atoms with van der Waals surface area (Å²) in [4.78, 5) is 17.9. The summed E-state index contributed by atoms with van der Waals surface area (Å²) in [7, 11) is 1.62. The molecular formula is C12H15KN4O. The second-order valence-electron chi connectivity index (χ2n) is 4.88. The maximum Gasteiger partial charge on any atom is 1.00 e. The van der Waals surface area contributed by atoms with Crippen molar-refractivity contribution in [1.29, 1.82) is 0 Å². The molecule has 0 radical (unpaired) electrons. The summed E-state index contributed by atoms with van der Waals surface area (Å²) < 4.78 is 0. The minimum atomic E-state index is -0.0954. The number of hydrogen-bond acceptors (Lipinski definition) is 3. The van der Waals surface area contributed by atoms with Crippen LogP contribution in [0.3, 0.4) is 0 Å². The van der Waals surface area contributed by atoms with E-state index in [-0.39, 0.29) is 57.3 Å². The van der Waals surface area contributed by atoms with Crippen LogP contribution in [0.1, 0.15) is 10.4 Å². The molecule has 18 heavy (non-hydrogen) atoms. The first kappa shape index (κ1) is 14.4. The number of nitrogens with one attached hydrogen (secondary N) is 1.